The zero-order valence-electron chi connectivity index (χ0n) is 8.41. The first-order chi connectivity index (χ1) is 5.96. The molecule has 0 aliphatic heterocycles. The Morgan fingerprint density at radius 3 is 2.62 bits per heavy atom. The van der Waals surface area contributed by atoms with Crippen LogP contribution in [0.5, 0.6) is 0 Å². The Bertz CT molecular complexity index is 328. The van der Waals surface area contributed by atoms with E-state index in [0.29, 0.717) is 0 Å². The zero-order chi connectivity index (χ0) is 10.1. The van der Waals surface area contributed by atoms with Crippen LogP contribution in [0.4, 0.5) is 0 Å². The molecule has 0 fully saturated rings. The van der Waals surface area contributed by atoms with Crippen molar-refractivity contribution < 1.29 is 0 Å². The van der Waals surface area contributed by atoms with Gasteiger partial charge in [-0.25, -0.2) is 0 Å². The molecule has 1 heterocycles. The summed E-state index contributed by atoms with van der Waals surface area (Å²) in [6.07, 6.45) is 3.33. The molecule has 0 aromatic carbocycles. The van der Waals surface area contributed by atoms with Gasteiger partial charge in [0.2, 0.25) is 0 Å². The van der Waals surface area contributed by atoms with E-state index in [-0.39, 0.29) is 5.41 Å². The maximum atomic E-state index is 4.01. The summed E-state index contributed by atoms with van der Waals surface area (Å²) in [5.74, 6) is 0.736. The molecular formula is C10H15N3. The lowest BCUT2D eigenvalue weighted by atomic mass is 9.93. The summed E-state index contributed by atoms with van der Waals surface area (Å²) in [5.41, 5.74) is 0.979. The molecule has 70 valence electrons. The lowest BCUT2D eigenvalue weighted by molar-refractivity contribution is 0.539. The molecule has 0 saturated heterocycles. The lowest BCUT2D eigenvalue weighted by Gasteiger charge is -2.22. The van der Waals surface area contributed by atoms with E-state index in [2.05, 4.69) is 44.1 Å². The Hall–Kier alpha value is -1.38. The molecule has 0 aliphatic rings. The number of allylic oxidation sites excluding steroid dienone is 1. The molecule has 1 rings (SSSR count). The van der Waals surface area contributed by atoms with Gasteiger partial charge in [-0.15, -0.1) is 10.2 Å². The van der Waals surface area contributed by atoms with Gasteiger partial charge in [0.1, 0.15) is 6.33 Å². The fraction of sp³-hybridized carbons (Fsp3) is 0.400. The van der Waals surface area contributed by atoms with Crippen LogP contribution in [0.2, 0.25) is 0 Å². The normalized spacial score (nSPS) is 11.3. The molecule has 0 bridgehead atoms. The van der Waals surface area contributed by atoms with Gasteiger partial charge in [0.25, 0.3) is 0 Å². The molecular weight excluding hydrogens is 162 g/mol. The third-order valence-corrected chi connectivity index (χ3v) is 1.91. The fourth-order valence-corrected chi connectivity index (χ4v) is 0.952. The third kappa shape index (κ3) is 1.86. The topological polar surface area (TPSA) is 30.7 Å². The van der Waals surface area contributed by atoms with Gasteiger partial charge in [0.15, 0.2) is 5.82 Å². The van der Waals surface area contributed by atoms with Crippen molar-refractivity contribution in [2.24, 2.45) is 5.41 Å². The molecule has 3 heteroatoms. The lowest BCUT2D eigenvalue weighted by Crippen LogP contribution is -2.13. The highest BCUT2D eigenvalue weighted by Gasteiger charge is 2.18. The minimum absolute atomic E-state index is 0.0140. The first-order valence-corrected chi connectivity index (χ1v) is 4.19. The van der Waals surface area contributed by atoms with Crippen LogP contribution in [0.15, 0.2) is 19.5 Å². The first-order valence-electron chi connectivity index (χ1n) is 4.19. The smallest absolute Gasteiger partial charge is 0.160 e. The van der Waals surface area contributed by atoms with E-state index in [9.17, 15) is 0 Å². The average Bonchev–Trinajstić information content (AvgIpc) is 2.48. The van der Waals surface area contributed by atoms with E-state index < -0.39 is 0 Å². The molecule has 0 unspecified atom stereocenters. The van der Waals surface area contributed by atoms with Crippen LogP contribution in [-0.4, -0.2) is 14.8 Å². The minimum Gasteiger partial charge on any atom is -0.286 e. The van der Waals surface area contributed by atoms with Gasteiger partial charge in [-0.05, 0) is 6.08 Å². The second-order valence-electron chi connectivity index (χ2n) is 3.96. The van der Waals surface area contributed by atoms with Crippen LogP contribution in [-0.2, 0) is 0 Å². The van der Waals surface area contributed by atoms with Crippen LogP contribution < -0.4 is 0 Å². The molecule has 0 N–H and O–H groups in total. The number of rotatable bonds is 2. The number of aromatic nitrogens is 3. The monoisotopic (exact) mass is 177 g/mol. The SMILES string of the molecule is C=Cc1nncn1C(=C)C(C)(C)C. The quantitative estimate of drug-likeness (QED) is 0.694. The van der Waals surface area contributed by atoms with Crippen LogP contribution in [0.3, 0.4) is 0 Å². The van der Waals surface area contributed by atoms with Crippen LogP contribution >= 0.6 is 0 Å². The number of hydrogen-bond donors (Lipinski definition) is 0. The molecule has 0 atom stereocenters. The van der Waals surface area contributed by atoms with Crippen LogP contribution in [0, 0.1) is 5.41 Å². The highest BCUT2D eigenvalue weighted by atomic mass is 15.3. The van der Waals surface area contributed by atoms with Gasteiger partial charge in [-0.3, -0.25) is 4.57 Å². The molecule has 0 spiro atoms. The molecule has 1 aromatic rings. The van der Waals surface area contributed by atoms with Crippen molar-refractivity contribution in [2.45, 2.75) is 20.8 Å². The van der Waals surface area contributed by atoms with Crippen LogP contribution in [0.25, 0.3) is 11.8 Å². The second-order valence-corrected chi connectivity index (χ2v) is 3.96. The molecule has 0 amide bonds. The highest BCUT2D eigenvalue weighted by Crippen LogP contribution is 2.28. The highest BCUT2D eigenvalue weighted by molar-refractivity contribution is 5.53. The summed E-state index contributed by atoms with van der Waals surface area (Å²) < 4.78 is 1.85. The van der Waals surface area contributed by atoms with Gasteiger partial charge in [0, 0.05) is 11.1 Å². The van der Waals surface area contributed by atoms with E-state index in [1.165, 1.54) is 0 Å². The summed E-state index contributed by atoms with van der Waals surface area (Å²) in [6.45, 7) is 14.0. The minimum atomic E-state index is 0.0140. The van der Waals surface area contributed by atoms with Gasteiger partial charge >= 0.3 is 0 Å². The van der Waals surface area contributed by atoms with Crippen molar-refractivity contribution in [3.8, 4) is 0 Å². The van der Waals surface area contributed by atoms with Gasteiger partial charge in [-0.1, -0.05) is 33.9 Å². The fourth-order valence-electron chi connectivity index (χ4n) is 0.952. The van der Waals surface area contributed by atoms with Crippen molar-refractivity contribution in [1.29, 1.82) is 0 Å². The molecule has 0 saturated carbocycles. The van der Waals surface area contributed by atoms with Crippen molar-refractivity contribution in [3.05, 3.63) is 25.3 Å². The number of nitrogens with zero attached hydrogens (tertiary/aromatic N) is 3. The number of hydrogen-bond acceptors (Lipinski definition) is 2. The van der Waals surface area contributed by atoms with E-state index in [1.54, 1.807) is 12.4 Å². The Kier molecular flexibility index (Phi) is 2.36. The molecule has 13 heavy (non-hydrogen) atoms. The maximum Gasteiger partial charge on any atom is 0.160 e. The summed E-state index contributed by atoms with van der Waals surface area (Å²) in [4.78, 5) is 0. The van der Waals surface area contributed by atoms with Crippen molar-refractivity contribution in [3.63, 3.8) is 0 Å². The summed E-state index contributed by atoms with van der Waals surface area (Å²) >= 11 is 0. The van der Waals surface area contributed by atoms with E-state index in [4.69, 9.17) is 0 Å². The zero-order valence-corrected chi connectivity index (χ0v) is 8.41. The summed E-state index contributed by atoms with van der Waals surface area (Å²) in [7, 11) is 0. The Morgan fingerprint density at radius 2 is 2.15 bits per heavy atom. The predicted octanol–water partition coefficient (Wildman–Crippen LogP) is 2.44. The molecule has 0 aliphatic carbocycles. The summed E-state index contributed by atoms with van der Waals surface area (Å²) in [6, 6.07) is 0. The van der Waals surface area contributed by atoms with Gasteiger partial charge in [-0.2, -0.15) is 0 Å². The van der Waals surface area contributed by atoms with Crippen molar-refractivity contribution in [2.75, 3.05) is 0 Å². The van der Waals surface area contributed by atoms with Crippen LogP contribution in [0.1, 0.15) is 26.6 Å². The van der Waals surface area contributed by atoms with E-state index in [0.717, 1.165) is 11.5 Å². The molecule has 0 radical (unpaired) electrons. The Balaban J connectivity index is 3.09. The molecule has 3 nitrogen and oxygen atoms in total. The van der Waals surface area contributed by atoms with Gasteiger partial charge < -0.3 is 0 Å². The van der Waals surface area contributed by atoms with Crippen molar-refractivity contribution >= 4 is 11.8 Å². The predicted molar refractivity (Wildman–Crippen MR) is 54.9 cm³/mol. The van der Waals surface area contributed by atoms with E-state index in [1.807, 2.05) is 4.57 Å². The largest absolute Gasteiger partial charge is 0.286 e. The third-order valence-electron chi connectivity index (χ3n) is 1.91. The average molecular weight is 177 g/mol. The first kappa shape index (κ1) is 9.71. The Morgan fingerprint density at radius 1 is 1.54 bits per heavy atom. The molecule has 1 aromatic heterocycles. The van der Waals surface area contributed by atoms with Crippen molar-refractivity contribution in [1.82, 2.24) is 14.8 Å². The summed E-state index contributed by atoms with van der Waals surface area (Å²) in [5, 5.41) is 7.71. The standard InChI is InChI=1S/C10H15N3/c1-6-9-12-11-7-13(9)8(2)10(3,4)5/h6-7H,1-2H2,3-5H3. The van der Waals surface area contributed by atoms with Gasteiger partial charge in [0.05, 0.1) is 0 Å². The second kappa shape index (κ2) is 3.17. The van der Waals surface area contributed by atoms with E-state index >= 15 is 0 Å². The maximum absolute atomic E-state index is 4.01. The Labute approximate surface area is 78.8 Å².